The maximum absolute atomic E-state index is 14.0. The molecule has 0 aromatic heterocycles. The first-order chi connectivity index (χ1) is 13.7. The standard InChI is InChI=1S/C18H18FN3O6S/c1-20-29(26,27)13-6-7-15(19)14(9-13)18(25)22-12-5-3-4-11(8-12)17(24)21-10-16(23)28-2/h3-9,20H,10H2,1-2H3,(H,21,24)(H,22,25). The molecule has 2 aromatic rings. The van der Waals surface area contributed by atoms with Crippen molar-refractivity contribution in [2.24, 2.45) is 0 Å². The number of halogens is 1. The number of carbonyl (C=O) groups is 3. The Labute approximate surface area is 166 Å². The summed E-state index contributed by atoms with van der Waals surface area (Å²) in [5, 5.41) is 4.74. The fourth-order valence-electron chi connectivity index (χ4n) is 2.23. The topological polar surface area (TPSA) is 131 Å². The van der Waals surface area contributed by atoms with Crippen molar-refractivity contribution >= 4 is 33.5 Å². The molecule has 0 fully saturated rings. The summed E-state index contributed by atoms with van der Waals surface area (Å²) in [6.07, 6.45) is 0. The Balaban J connectivity index is 2.20. The third-order valence-electron chi connectivity index (χ3n) is 3.77. The van der Waals surface area contributed by atoms with Gasteiger partial charge in [-0.25, -0.2) is 17.5 Å². The number of nitrogens with one attached hydrogen (secondary N) is 3. The lowest BCUT2D eigenvalue weighted by atomic mass is 10.1. The Bertz CT molecular complexity index is 1060. The summed E-state index contributed by atoms with van der Waals surface area (Å²) in [6, 6.07) is 8.50. The minimum Gasteiger partial charge on any atom is -0.468 e. The number of rotatable bonds is 7. The van der Waals surface area contributed by atoms with E-state index in [1.54, 1.807) is 0 Å². The molecule has 0 bridgehead atoms. The van der Waals surface area contributed by atoms with E-state index in [9.17, 15) is 27.2 Å². The number of methoxy groups -OCH3 is 1. The van der Waals surface area contributed by atoms with Crippen molar-refractivity contribution < 1.29 is 31.9 Å². The average molecular weight is 423 g/mol. The van der Waals surface area contributed by atoms with Crippen molar-refractivity contribution in [3.63, 3.8) is 0 Å². The molecule has 0 saturated carbocycles. The van der Waals surface area contributed by atoms with Gasteiger partial charge in [0, 0.05) is 11.3 Å². The predicted molar refractivity (Wildman–Crippen MR) is 101 cm³/mol. The number of carbonyl (C=O) groups excluding carboxylic acids is 3. The summed E-state index contributed by atoms with van der Waals surface area (Å²) in [7, 11) is -1.49. The Morgan fingerprint density at radius 2 is 1.79 bits per heavy atom. The third-order valence-corrected chi connectivity index (χ3v) is 5.18. The smallest absolute Gasteiger partial charge is 0.325 e. The van der Waals surface area contributed by atoms with Crippen LogP contribution in [0.15, 0.2) is 47.4 Å². The molecule has 11 heteroatoms. The van der Waals surface area contributed by atoms with E-state index in [0.717, 1.165) is 18.2 Å². The van der Waals surface area contributed by atoms with E-state index in [1.807, 2.05) is 0 Å². The third kappa shape index (κ3) is 5.59. The van der Waals surface area contributed by atoms with Crippen LogP contribution in [0.5, 0.6) is 0 Å². The first-order valence-electron chi connectivity index (χ1n) is 8.17. The Kier molecular flexibility index (Phi) is 7.02. The molecule has 9 nitrogen and oxygen atoms in total. The van der Waals surface area contributed by atoms with Crippen molar-refractivity contribution in [1.82, 2.24) is 10.0 Å². The van der Waals surface area contributed by atoms with E-state index in [1.165, 1.54) is 38.4 Å². The maximum Gasteiger partial charge on any atom is 0.325 e. The fourth-order valence-corrected chi connectivity index (χ4v) is 2.98. The van der Waals surface area contributed by atoms with Crippen LogP contribution >= 0.6 is 0 Å². The van der Waals surface area contributed by atoms with Crippen LogP contribution in [-0.4, -0.2) is 46.9 Å². The van der Waals surface area contributed by atoms with Crippen LogP contribution in [0.1, 0.15) is 20.7 Å². The van der Waals surface area contributed by atoms with Gasteiger partial charge in [-0.15, -0.1) is 0 Å². The van der Waals surface area contributed by atoms with Crippen LogP contribution in [0.4, 0.5) is 10.1 Å². The number of benzene rings is 2. The molecule has 0 atom stereocenters. The van der Waals surface area contributed by atoms with Crippen molar-refractivity contribution in [3.8, 4) is 0 Å². The second kappa shape index (κ2) is 9.26. The molecular weight excluding hydrogens is 405 g/mol. The molecule has 3 N–H and O–H groups in total. The van der Waals surface area contributed by atoms with E-state index < -0.39 is 39.2 Å². The number of ether oxygens (including phenoxy) is 1. The molecule has 2 aromatic carbocycles. The number of esters is 1. The van der Waals surface area contributed by atoms with Gasteiger partial charge in [0.25, 0.3) is 11.8 Å². The summed E-state index contributed by atoms with van der Waals surface area (Å²) < 4.78 is 44.3. The van der Waals surface area contributed by atoms with E-state index >= 15 is 0 Å². The van der Waals surface area contributed by atoms with Crippen LogP contribution in [0.3, 0.4) is 0 Å². The number of hydrogen-bond acceptors (Lipinski definition) is 6. The van der Waals surface area contributed by atoms with Gasteiger partial charge in [-0.05, 0) is 43.4 Å². The molecule has 0 heterocycles. The predicted octanol–water partition coefficient (Wildman–Crippen LogP) is 0.889. The van der Waals surface area contributed by atoms with Crippen molar-refractivity contribution in [3.05, 3.63) is 59.4 Å². The SMILES string of the molecule is CNS(=O)(=O)c1ccc(F)c(C(=O)Nc2cccc(C(=O)NCC(=O)OC)c2)c1. The molecule has 0 saturated heterocycles. The second-order valence-corrected chi connectivity index (χ2v) is 7.53. The monoisotopic (exact) mass is 423 g/mol. The molecule has 0 radical (unpaired) electrons. The first kappa shape index (κ1) is 22.0. The minimum absolute atomic E-state index is 0.138. The summed E-state index contributed by atoms with van der Waals surface area (Å²) in [5.74, 6) is -3.03. The zero-order valence-electron chi connectivity index (χ0n) is 15.5. The van der Waals surface area contributed by atoms with Gasteiger partial charge in [0.15, 0.2) is 0 Å². The van der Waals surface area contributed by atoms with E-state index in [2.05, 4.69) is 20.1 Å². The summed E-state index contributed by atoms with van der Waals surface area (Å²) >= 11 is 0. The highest BCUT2D eigenvalue weighted by Gasteiger charge is 2.19. The number of amides is 2. The van der Waals surface area contributed by atoms with E-state index in [-0.39, 0.29) is 22.7 Å². The lowest BCUT2D eigenvalue weighted by molar-refractivity contribution is -0.139. The second-order valence-electron chi connectivity index (χ2n) is 5.64. The van der Waals surface area contributed by atoms with Gasteiger partial charge < -0.3 is 15.4 Å². The molecule has 2 amide bonds. The van der Waals surface area contributed by atoms with Gasteiger partial charge in [0.2, 0.25) is 10.0 Å². The molecule has 0 unspecified atom stereocenters. The van der Waals surface area contributed by atoms with Crippen LogP contribution < -0.4 is 15.4 Å². The summed E-state index contributed by atoms with van der Waals surface area (Å²) in [4.78, 5) is 35.3. The van der Waals surface area contributed by atoms with Crippen LogP contribution in [0.25, 0.3) is 0 Å². The Hall–Kier alpha value is -3.31. The van der Waals surface area contributed by atoms with Crippen molar-refractivity contribution in [2.45, 2.75) is 4.90 Å². The Morgan fingerprint density at radius 1 is 1.07 bits per heavy atom. The highest BCUT2D eigenvalue weighted by Crippen LogP contribution is 2.18. The molecular formula is C18H18FN3O6S. The quantitative estimate of drug-likeness (QED) is 0.567. The fraction of sp³-hybridized carbons (Fsp3) is 0.167. The normalized spacial score (nSPS) is 10.9. The van der Waals surface area contributed by atoms with Gasteiger partial charge in [-0.2, -0.15) is 0 Å². The van der Waals surface area contributed by atoms with Gasteiger partial charge in [-0.1, -0.05) is 6.07 Å². The molecule has 0 aliphatic rings. The zero-order valence-corrected chi connectivity index (χ0v) is 16.3. The first-order valence-corrected chi connectivity index (χ1v) is 9.65. The minimum atomic E-state index is -3.86. The van der Waals surface area contributed by atoms with E-state index in [4.69, 9.17) is 0 Å². The number of hydrogen-bond donors (Lipinski definition) is 3. The molecule has 2 rings (SSSR count). The lowest BCUT2D eigenvalue weighted by Gasteiger charge is -2.10. The average Bonchev–Trinajstić information content (AvgIpc) is 2.71. The number of sulfonamides is 1. The van der Waals surface area contributed by atoms with Crippen LogP contribution in [0.2, 0.25) is 0 Å². The summed E-state index contributed by atoms with van der Waals surface area (Å²) in [6.45, 7) is -0.330. The van der Waals surface area contributed by atoms with Gasteiger partial charge in [-0.3, -0.25) is 14.4 Å². The largest absolute Gasteiger partial charge is 0.468 e. The van der Waals surface area contributed by atoms with Crippen molar-refractivity contribution in [2.75, 3.05) is 26.0 Å². The van der Waals surface area contributed by atoms with Crippen LogP contribution in [0, 0.1) is 5.82 Å². The zero-order chi connectivity index (χ0) is 21.6. The lowest BCUT2D eigenvalue weighted by Crippen LogP contribution is -2.30. The van der Waals surface area contributed by atoms with Gasteiger partial charge >= 0.3 is 5.97 Å². The van der Waals surface area contributed by atoms with E-state index in [0.29, 0.717) is 0 Å². The Morgan fingerprint density at radius 3 is 2.45 bits per heavy atom. The highest BCUT2D eigenvalue weighted by molar-refractivity contribution is 7.89. The maximum atomic E-state index is 14.0. The highest BCUT2D eigenvalue weighted by atomic mass is 32.2. The molecule has 154 valence electrons. The molecule has 0 aliphatic heterocycles. The van der Waals surface area contributed by atoms with Crippen molar-refractivity contribution in [1.29, 1.82) is 0 Å². The molecule has 29 heavy (non-hydrogen) atoms. The molecule has 0 aliphatic carbocycles. The summed E-state index contributed by atoms with van der Waals surface area (Å²) in [5.41, 5.74) is -0.178. The van der Waals surface area contributed by atoms with Crippen LogP contribution in [-0.2, 0) is 19.6 Å². The van der Waals surface area contributed by atoms with Gasteiger partial charge in [0.05, 0.1) is 17.6 Å². The number of anilines is 1. The van der Waals surface area contributed by atoms with Gasteiger partial charge in [0.1, 0.15) is 12.4 Å². The molecule has 0 spiro atoms.